The van der Waals surface area contributed by atoms with Gasteiger partial charge in [-0.05, 0) is 138 Å². The summed E-state index contributed by atoms with van der Waals surface area (Å²) in [4.78, 5) is 2.48. The molecule has 11 aromatic carbocycles. The summed E-state index contributed by atoms with van der Waals surface area (Å²) in [5.74, 6) is 0. The first-order chi connectivity index (χ1) is 34.4. The Hall–Kier alpha value is -8.66. The molecule has 0 atom stereocenters. The molecule has 0 fully saturated rings. The van der Waals surface area contributed by atoms with Gasteiger partial charge in [0.2, 0.25) is 0 Å². The summed E-state index contributed by atoms with van der Waals surface area (Å²) in [6.45, 7) is 6.86. The molecule has 0 N–H and O–H groups in total. The maximum absolute atomic E-state index is 7.39. The fourth-order valence-corrected chi connectivity index (χ4v) is 12.8. The summed E-state index contributed by atoms with van der Waals surface area (Å²) >= 11 is 0. The van der Waals surface area contributed by atoms with Crippen molar-refractivity contribution < 1.29 is 4.42 Å². The van der Waals surface area contributed by atoms with E-state index in [4.69, 9.17) is 4.42 Å². The lowest BCUT2D eigenvalue weighted by Crippen LogP contribution is -2.26. The van der Waals surface area contributed by atoms with Crippen molar-refractivity contribution in [1.29, 1.82) is 0 Å². The minimum Gasteiger partial charge on any atom is -0.454 e. The van der Waals surface area contributed by atoms with Gasteiger partial charge in [-0.25, -0.2) is 0 Å². The van der Waals surface area contributed by atoms with E-state index in [2.05, 4.69) is 255 Å². The van der Waals surface area contributed by atoms with E-state index in [9.17, 15) is 0 Å². The zero-order valence-electron chi connectivity index (χ0n) is 39.2. The lowest BCUT2D eigenvalue weighted by atomic mass is 9.69. The van der Waals surface area contributed by atoms with E-state index >= 15 is 0 Å². The quantitative estimate of drug-likeness (QED) is 0.164. The molecule has 330 valence electrons. The minimum absolute atomic E-state index is 0.0198. The highest BCUT2D eigenvalue weighted by Crippen LogP contribution is 2.68. The number of nitrogens with zero attached hydrogens (tertiary/aromatic N) is 2. The van der Waals surface area contributed by atoms with Gasteiger partial charge in [0.15, 0.2) is 5.58 Å². The number of benzene rings is 11. The van der Waals surface area contributed by atoms with E-state index < -0.39 is 5.41 Å². The van der Waals surface area contributed by atoms with Crippen molar-refractivity contribution in [3.8, 4) is 27.9 Å². The van der Waals surface area contributed by atoms with Crippen LogP contribution < -0.4 is 4.90 Å². The van der Waals surface area contributed by atoms with E-state index in [0.717, 1.165) is 50.2 Å². The number of hydrogen-bond donors (Lipinski definition) is 0. The van der Waals surface area contributed by atoms with Crippen LogP contribution in [0.1, 0.15) is 48.6 Å². The topological polar surface area (TPSA) is 21.3 Å². The van der Waals surface area contributed by atoms with E-state index in [-0.39, 0.29) is 5.41 Å². The number of anilines is 3. The number of hydrogen-bond acceptors (Lipinski definition) is 2. The molecule has 15 rings (SSSR count). The normalized spacial score (nSPS) is 13.5. The number of para-hydroxylation sites is 3. The zero-order valence-corrected chi connectivity index (χ0v) is 39.2. The average Bonchev–Trinajstić information content (AvgIpc) is 4.13. The van der Waals surface area contributed by atoms with Crippen molar-refractivity contribution in [2.45, 2.75) is 31.6 Å². The molecule has 1 spiro atoms. The summed E-state index contributed by atoms with van der Waals surface area (Å²) in [6, 6.07) is 83.6. The fraction of sp³-hybridized carbons (Fsp3) is 0.0746. The number of aromatic nitrogens is 1. The predicted octanol–water partition coefficient (Wildman–Crippen LogP) is 18.1. The SMILES string of the molecule is CC(C)(C)c1ccc(N(c2ccc3c(c2)c2ccccc2n3-c2ccccc2)c2cc3c(c4c2oc2ccccc24)-c2c(c4ccccc4c4ccccc24)C32c3ccccc3-c3ccccc32)cc1. The Morgan fingerprint density at radius 2 is 0.986 bits per heavy atom. The summed E-state index contributed by atoms with van der Waals surface area (Å²) in [5, 5.41) is 9.70. The van der Waals surface area contributed by atoms with Crippen molar-refractivity contribution in [3.05, 3.63) is 252 Å². The van der Waals surface area contributed by atoms with Crippen molar-refractivity contribution in [2.75, 3.05) is 4.90 Å². The molecule has 3 heteroatoms. The van der Waals surface area contributed by atoms with Crippen molar-refractivity contribution in [2.24, 2.45) is 0 Å². The van der Waals surface area contributed by atoms with Crippen LogP contribution in [0.25, 0.3) is 93.2 Å². The van der Waals surface area contributed by atoms with Crippen LogP contribution in [0.5, 0.6) is 0 Å². The molecule has 13 aromatic rings. The van der Waals surface area contributed by atoms with E-state index in [1.54, 1.807) is 0 Å². The highest BCUT2D eigenvalue weighted by atomic mass is 16.3. The number of furan rings is 1. The molecule has 2 aromatic heterocycles. The summed E-state index contributed by atoms with van der Waals surface area (Å²) in [6.07, 6.45) is 0. The second-order valence-corrected chi connectivity index (χ2v) is 20.3. The van der Waals surface area contributed by atoms with Crippen LogP contribution in [0.2, 0.25) is 0 Å². The first-order valence-corrected chi connectivity index (χ1v) is 24.5. The van der Waals surface area contributed by atoms with E-state index in [1.165, 1.54) is 87.9 Å². The number of rotatable bonds is 4. The molecule has 0 amide bonds. The molecule has 70 heavy (non-hydrogen) atoms. The third-order valence-corrected chi connectivity index (χ3v) is 15.7. The van der Waals surface area contributed by atoms with Crippen LogP contribution in [-0.4, -0.2) is 4.57 Å². The third kappa shape index (κ3) is 5.13. The molecule has 0 bridgehead atoms. The van der Waals surface area contributed by atoms with Gasteiger partial charge in [-0.3, -0.25) is 0 Å². The Kier molecular flexibility index (Phi) is 7.98. The fourth-order valence-electron chi connectivity index (χ4n) is 12.8. The van der Waals surface area contributed by atoms with Crippen LogP contribution in [-0.2, 0) is 10.8 Å². The van der Waals surface area contributed by atoms with Crippen LogP contribution >= 0.6 is 0 Å². The van der Waals surface area contributed by atoms with Crippen molar-refractivity contribution >= 4 is 82.4 Å². The Morgan fingerprint density at radius 3 is 1.70 bits per heavy atom. The maximum Gasteiger partial charge on any atom is 0.160 e. The highest BCUT2D eigenvalue weighted by Gasteiger charge is 2.54. The third-order valence-electron chi connectivity index (χ3n) is 15.7. The molecular weight excluding hydrogens is 849 g/mol. The van der Waals surface area contributed by atoms with Crippen LogP contribution in [0.15, 0.2) is 229 Å². The van der Waals surface area contributed by atoms with Gasteiger partial charge in [0.05, 0.1) is 22.1 Å². The molecule has 2 aliphatic carbocycles. The minimum atomic E-state index is -0.655. The molecular formula is C67H46N2O. The second-order valence-electron chi connectivity index (χ2n) is 20.3. The first kappa shape index (κ1) is 39.3. The summed E-state index contributed by atoms with van der Waals surface area (Å²) in [7, 11) is 0. The van der Waals surface area contributed by atoms with Gasteiger partial charge in [-0.2, -0.15) is 0 Å². The molecule has 2 aliphatic rings. The largest absolute Gasteiger partial charge is 0.454 e. The van der Waals surface area contributed by atoms with Crippen LogP contribution in [0, 0.1) is 0 Å². The molecule has 0 unspecified atom stereocenters. The van der Waals surface area contributed by atoms with Gasteiger partial charge in [0.25, 0.3) is 0 Å². The van der Waals surface area contributed by atoms with E-state index in [0.29, 0.717) is 0 Å². The predicted molar refractivity (Wildman–Crippen MR) is 293 cm³/mol. The molecule has 0 aliphatic heterocycles. The maximum atomic E-state index is 7.39. The van der Waals surface area contributed by atoms with E-state index in [1.807, 2.05) is 0 Å². The lowest BCUT2D eigenvalue weighted by Gasteiger charge is -2.33. The standard InChI is InChI=1S/C67H46N2O/c1-66(2,3)41-33-35-43(36-34-41)68(44-37-38-58-53(39-44)49-25-13-17-31-57(49)69(58)42-19-5-4-6-20-42)59-40-56-63(62-52-28-14-18-32-60(52)70-65(59)62)61-50-26-9-7-21-45(50)46-22-8-10-27-51(46)64(61)67(56)54-29-15-11-23-47(54)48-24-12-16-30-55(48)67/h4-40H,1-3H3. The van der Waals surface area contributed by atoms with Gasteiger partial charge < -0.3 is 13.9 Å². The van der Waals surface area contributed by atoms with Crippen LogP contribution in [0.4, 0.5) is 17.1 Å². The second kappa shape index (κ2) is 14.2. The summed E-state index contributed by atoms with van der Waals surface area (Å²) < 4.78 is 9.79. The molecule has 2 heterocycles. The smallest absolute Gasteiger partial charge is 0.160 e. The Balaban J connectivity index is 1.13. The Bertz CT molecular complexity index is 4290. The van der Waals surface area contributed by atoms with Crippen molar-refractivity contribution in [1.82, 2.24) is 4.57 Å². The number of fused-ring (bicyclic) bond motifs is 22. The first-order valence-electron chi connectivity index (χ1n) is 24.5. The van der Waals surface area contributed by atoms with Gasteiger partial charge in [-0.1, -0.05) is 185 Å². The average molecular weight is 895 g/mol. The summed E-state index contributed by atoms with van der Waals surface area (Å²) in [5.41, 5.74) is 19.3. The van der Waals surface area contributed by atoms with Gasteiger partial charge in [-0.15, -0.1) is 0 Å². The Labute approximate surface area is 406 Å². The monoisotopic (exact) mass is 894 g/mol. The lowest BCUT2D eigenvalue weighted by molar-refractivity contribution is 0.590. The molecule has 0 saturated heterocycles. The Morgan fingerprint density at radius 1 is 0.429 bits per heavy atom. The molecule has 3 nitrogen and oxygen atoms in total. The molecule has 0 radical (unpaired) electrons. The van der Waals surface area contributed by atoms with Crippen LogP contribution in [0.3, 0.4) is 0 Å². The zero-order chi connectivity index (χ0) is 46.5. The van der Waals surface area contributed by atoms with Crippen molar-refractivity contribution in [3.63, 3.8) is 0 Å². The molecule has 0 saturated carbocycles. The van der Waals surface area contributed by atoms with Gasteiger partial charge in [0, 0.05) is 38.6 Å². The highest BCUT2D eigenvalue weighted by molar-refractivity contribution is 6.27. The van der Waals surface area contributed by atoms with Gasteiger partial charge in [0.1, 0.15) is 5.58 Å². The van der Waals surface area contributed by atoms with Gasteiger partial charge >= 0.3 is 0 Å².